The average Bonchev–Trinajstić information content (AvgIpc) is 1.98. The van der Waals surface area contributed by atoms with Crippen LogP contribution < -0.4 is 5.32 Å². The van der Waals surface area contributed by atoms with E-state index < -0.39 is 0 Å². The third kappa shape index (κ3) is 1.86. The molecule has 0 saturated heterocycles. The molecule has 0 spiro atoms. The Balaban J connectivity index is 2.98. The lowest BCUT2D eigenvalue weighted by Crippen LogP contribution is -1.87. The van der Waals surface area contributed by atoms with Gasteiger partial charge in [-0.05, 0) is 30.7 Å². The summed E-state index contributed by atoms with van der Waals surface area (Å²) in [6, 6.07) is 5.35. The molecule has 0 amide bonds. The highest BCUT2D eigenvalue weighted by molar-refractivity contribution is 6.31. The highest BCUT2D eigenvalue weighted by Gasteiger charge is 1.95. The summed E-state index contributed by atoms with van der Waals surface area (Å²) in [5, 5.41) is 11.5. The number of hydrogen-bond donors (Lipinski definition) is 1. The van der Waals surface area contributed by atoms with E-state index in [1.807, 2.05) is 19.2 Å². The summed E-state index contributed by atoms with van der Waals surface area (Å²) in [6.07, 6.45) is 1.84. The molecule has 0 fully saturated rings. The second-order valence-corrected chi connectivity index (χ2v) is 2.61. The molecule has 0 aromatic heterocycles. The van der Waals surface area contributed by atoms with Crippen molar-refractivity contribution >= 4 is 17.3 Å². The number of nitriles is 1. The van der Waals surface area contributed by atoms with Gasteiger partial charge in [0, 0.05) is 10.7 Å². The monoisotopic (exact) mass is 166 g/mol. The molecule has 1 N–H and O–H groups in total. The minimum absolute atomic E-state index is 0.716. The Morgan fingerprint density at radius 1 is 1.55 bits per heavy atom. The molecule has 0 aliphatic heterocycles. The number of anilines is 1. The zero-order chi connectivity index (χ0) is 8.27. The Labute approximate surface area is 70.4 Å². The molecule has 0 unspecified atom stereocenters. The van der Waals surface area contributed by atoms with Crippen molar-refractivity contribution in [3.8, 4) is 6.19 Å². The zero-order valence-corrected chi connectivity index (χ0v) is 6.81. The number of benzene rings is 1. The van der Waals surface area contributed by atoms with Crippen molar-refractivity contribution < 1.29 is 0 Å². The van der Waals surface area contributed by atoms with Crippen LogP contribution in [0.1, 0.15) is 5.56 Å². The quantitative estimate of drug-likeness (QED) is 0.514. The lowest BCUT2D eigenvalue weighted by atomic mass is 10.2. The first-order valence-electron chi connectivity index (χ1n) is 3.15. The van der Waals surface area contributed by atoms with Crippen LogP contribution in [0.25, 0.3) is 0 Å². The summed E-state index contributed by atoms with van der Waals surface area (Å²) in [5.41, 5.74) is 1.74. The number of hydrogen-bond acceptors (Lipinski definition) is 2. The Morgan fingerprint density at radius 2 is 2.27 bits per heavy atom. The minimum atomic E-state index is 0.716. The van der Waals surface area contributed by atoms with Crippen LogP contribution in [0.15, 0.2) is 18.2 Å². The minimum Gasteiger partial charge on any atom is -0.293 e. The molecule has 0 aliphatic rings. The van der Waals surface area contributed by atoms with E-state index in [4.69, 9.17) is 16.9 Å². The van der Waals surface area contributed by atoms with Crippen LogP contribution in [-0.2, 0) is 0 Å². The van der Waals surface area contributed by atoms with E-state index in [1.54, 1.807) is 12.1 Å². The topological polar surface area (TPSA) is 35.8 Å². The summed E-state index contributed by atoms with van der Waals surface area (Å²) in [6.45, 7) is 1.89. The first-order chi connectivity index (χ1) is 5.24. The van der Waals surface area contributed by atoms with Gasteiger partial charge in [0.2, 0.25) is 0 Å². The van der Waals surface area contributed by atoms with Crippen molar-refractivity contribution in [1.29, 1.82) is 5.26 Å². The second kappa shape index (κ2) is 3.27. The Morgan fingerprint density at radius 3 is 2.82 bits per heavy atom. The Hall–Kier alpha value is -1.20. The van der Waals surface area contributed by atoms with Gasteiger partial charge in [0.05, 0.1) is 0 Å². The zero-order valence-electron chi connectivity index (χ0n) is 6.06. The summed E-state index contributed by atoms with van der Waals surface area (Å²) < 4.78 is 0. The first-order valence-corrected chi connectivity index (χ1v) is 3.53. The Bertz CT molecular complexity index is 301. The lowest BCUT2D eigenvalue weighted by Gasteiger charge is -1.99. The van der Waals surface area contributed by atoms with E-state index in [-0.39, 0.29) is 0 Å². The standard InChI is InChI=1S/C8H7ClN2/c1-6-4-7(11-5-10)2-3-8(6)9/h2-4,11H,1H3. The molecule has 0 aliphatic carbocycles. The lowest BCUT2D eigenvalue weighted by molar-refractivity contribution is 1.43. The fourth-order valence-corrected chi connectivity index (χ4v) is 0.905. The molecule has 56 valence electrons. The number of nitrogens with one attached hydrogen (secondary N) is 1. The third-order valence-electron chi connectivity index (χ3n) is 1.36. The summed E-state index contributed by atoms with van der Waals surface area (Å²) in [7, 11) is 0. The van der Waals surface area contributed by atoms with Gasteiger partial charge in [0.25, 0.3) is 0 Å². The predicted octanol–water partition coefficient (Wildman–Crippen LogP) is 2.54. The van der Waals surface area contributed by atoms with Crippen molar-refractivity contribution in [2.45, 2.75) is 6.92 Å². The van der Waals surface area contributed by atoms with E-state index >= 15 is 0 Å². The maximum atomic E-state index is 8.29. The normalized spacial score (nSPS) is 8.82. The van der Waals surface area contributed by atoms with Crippen molar-refractivity contribution in [3.63, 3.8) is 0 Å². The molecule has 2 nitrogen and oxygen atoms in total. The molecule has 1 rings (SSSR count). The molecule has 1 aromatic rings. The molecular formula is C8H7ClN2. The van der Waals surface area contributed by atoms with E-state index in [1.165, 1.54) is 0 Å². The third-order valence-corrected chi connectivity index (χ3v) is 1.78. The molecule has 1 aromatic carbocycles. The molecule has 11 heavy (non-hydrogen) atoms. The molecule has 0 saturated carbocycles. The fourth-order valence-electron chi connectivity index (χ4n) is 0.787. The van der Waals surface area contributed by atoms with Crippen LogP contribution in [0.5, 0.6) is 0 Å². The molecule has 0 heterocycles. The van der Waals surface area contributed by atoms with E-state index in [9.17, 15) is 0 Å². The van der Waals surface area contributed by atoms with Gasteiger partial charge in [-0.15, -0.1) is 0 Å². The highest BCUT2D eigenvalue weighted by atomic mass is 35.5. The molecular weight excluding hydrogens is 160 g/mol. The maximum absolute atomic E-state index is 8.29. The number of aryl methyl sites for hydroxylation is 1. The van der Waals surface area contributed by atoms with Gasteiger partial charge in [-0.3, -0.25) is 5.32 Å². The molecule has 0 radical (unpaired) electrons. The Kier molecular flexibility index (Phi) is 2.35. The summed E-state index contributed by atoms with van der Waals surface area (Å²) in [5.74, 6) is 0. The van der Waals surface area contributed by atoms with Crippen molar-refractivity contribution in [1.82, 2.24) is 0 Å². The van der Waals surface area contributed by atoms with Gasteiger partial charge in [-0.25, -0.2) is 0 Å². The van der Waals surface area contributed by atoms with Gasteiger partial charge in [-0.1, -0.05) is 11.6 Å². The summed E-state index contributed by atoms with van der Waals surface area (Å²) in [4.78, 5) is 0. The number of nitrogens with zero attached hydrogens (tertiary/aromatic N) is 1. The smallest absolute Gasteiger partial charge is 0.181 e. The second-order valence-electron chi connectivity index (χ2n) is 2.20. The van der Waals surface area contributed by atoms with E-state index in [2.05, 4.69) is 5.32 Å². The van der Waals surface area contributed by atoms with Crippen molar-refractivity contribution in [2.24, 2.45) is 0 Å². The number of rotatable bonds is 1. The van der Waals surface area contributed by atoms with Crippen LogP contribution in [0.3, 0.4) is 0 Å². The summed E-state index contributed by atoms with van der Waals surface area (Å²) >= 11 is 5.77. The fraction of sp³-hybridized carbons (Fsp3) is 0.125. The van der Waals surface area contributed by atoms with Crippen LogP contribution in [-0.4, -0.2) is 0 Å². The highest BCUT2D eigenvalue weighted by Crippen LogP contribution is 2.18. The van der Waals surface area contributed by atoms with Crippen LogP contribution in [0.4, 0.5) is 5.69 Å². The van der Waals surface area contributed by atoms with Gasteiger partial charge >= 0.3 is 0 Å². The predicted molar refractivity (Wildman–Crippen MR) is 45.4 cm³/mol. The van der Waals surface area contributed by atoms with Gasteiger partial charge < -0.3 is 0 Å². The molecule has 0 atom stereocenters. The van der Waals surface area contributed by atoms with Crippen molar-refractivity contribution in [2.75, 3.05) is 5.32 Å². The molecule has 0 bridgehead atoms. The SMILES string of the molecule is Cc1cc(NC#N)ccc1Cl. The van der Waals surface area contributed by atoms with Crippen molar-refractivity contribution in [3.05, 3.63) is 28.8 Å². The number of halogens is 1. The van der Waals surface area contributed by atoms with E-state index in [0.29, 0.717) is 5.02 Å². The van der Waals surface area contributed by atoms with Gasteiger partial charge in [-0.2, -0.15) is 5.26 Å². The van der Waals surface area contributed by atoms with Gasteiger partial charge in [0.15, 0.2) is 6.19 Å². The first kappa shape index (κ1) is 7.90. The maximum Gasteiger partial charge on any atom is 0.181 e. The van der Waals surface area contributed by atoms with E-state index in [0.717, 1.165) is 11.3 Å². The average molecular weight is 167 g/mol. The van der Waals surface area contributed by atoms with Crippen LogP contribution >= 0.6 is 11.6 Å². The molecule has 3 heteroatoms. The van der Waals surface area contributed by atoms with Crippen LogP contribution in [0.2, 0.25) is 5.02 Å². The largest absolute Gasteiger partial charge is 0.293 e. The van der Waals surface area contributed by atoms with Crippen LogP contribution in [0, 0.1) is 18.4 Å². The van der Waals surface area contributed by atoms with Gasteiger partial charge in [0.1, 0.15) is 0 Å².